The number of nitrogens with zero attached hydrogens (tertiary/aromatic N) is 1. The Morgan fingerprint density at radius 1 is 1.42 bits per heavy atom. The highest BCUT2D eigenvalue weighted by atomic mass is 35.5. The van der Waals surface area contributed by atoms with Crippen molar-refractivity contribution in [3.8, 4) is 0 Å². The van der Waals surface area contributed by atoms with Crippen molar-refractivity contribution in [1.82, 2.24) is 4.90 Å². The molecule has 0 unspecified atom stereocenters. The van der Waals surface area contributed by atoms with E-state index in [0.717, 1.165) is 18.3 Å². The van der Waals surface area contributed by atoms with Crippen LogP contribution in [0.15, 0.2) is 0 Å². The summed E-state index contributed by atoms with van der Waals surface area (Å²) in [6, 6.07) is 0.657. The topological polar surface area (TPSA) is 3.24 Å². The van der Waals surface area contributed by atoms with Gasteiger partial charge in [0.2, 0.25) is 0 Å². The highest BCUT2D eigenvalue weighted by molar-refractivity contribution is 6.18. The van der Waals surface area contributed by atoms with E-state index in [4.69, 9.17) is 11.6 Å². The van der Waals surface area contributed by atoms with Crippen molar-refractivity contribution in [3.05, 3.63) is 0 Å². The molecule has 1 aliphatic rings. The van der Waals surface area contributed by atoms with Crippen molar-refractivity contribution in [2.45, 2.75) is 39.2 Å². The number of alkyl halides is 1. The van der Waals surface area contributed by atoms with Crippen LogP contribution in [0.4, 0.5) is 0 Å². The molecule has 0 atom stereocenters. The van der Waals surface area contributed by atoms with Crippen molar-refractivity contribution in [1.29, 1.82) is 0 Å². The maximum atomic E-state index is 5.74. The smallest absolute Gasteiger partial charge is 0.0351 e. The van der Waals surface area contributed by atoms with Crippen molar-refractivity contribution in [3.63, 3.8) is 0 Å². The van der Waals surface area contributed by atoms with E-state index in [9.17, 15) is 0 Å². The average Bonchev–Trinajstić information content (AvgIpc) is 1.93. The highest BCUT2D eigenvalue weighted by Crippen LogP contribution is 2.27. The van der Waals surface area contributed by atoms with Crippen LogP contribution in [-0.4, -0.2) is 29.9 Å². The number of hydrogen-bond acceptors (Lipinski definition) is 1. The molecule has 0 aromatic rings. The van der Waals surface area contributed by atoms with Gasteiger partial charge in [-0.1, -0.05) is 6.42 Å². The second-order valence-corrected chi connectivity index (χ2v) is 4.45. The molecular formula is C10H20ClN. The van der Waals surface area contributed by atoms with E-state index in [1.807, 2.05) is 0 Å². The summed E-state index contributed by atoms with van der Waals surface area (Å²) >= 11 is 5.74. The molecule has 0 aliphatic heterocycles. The Labute approximate surface area is 81.1 Å². The van der Waals surface area contributed by atoms with E-state index in [-0.39, 0.29) is 0 Å². The van der Waals surface area contributed by atoms with Gasteiger partial charge in [-0.3, -0.25) is 4.90 Å². The number of halogens is 1. The van der Waals surface area contributed by atoms with Crippen LogP contribution >= 0.6 is 11.6 Å². The van der Waals surface area contributed by atoms with Crippen LogP contribution < -0.4 is 0 Å². The summed E-state index contributed by atoms with van der Waals surface area (Å²) in [6.45, 7) is 6.83. The molecule has 12 heavy (non-hydrogen) atoms. The van der Waals surface area contributed by atoms with Gasteiger partial charge in [-0.15, -0.1) is 11.6 Å². The zero-order chi connectivity index (χ0) is 8.97. The van der Waals surface area contributed by atoms with Gasteiger partial charge in [0.15, 0.2) is 0 Å². The van der Waals surface area contributed by atoms with Gasteiger partial charge in [0.05, 0.1) is 0 Å². The Hall–Kier alpha value is 0.250. The van der Waals surface area contributed by atoms with Crippen LogP contribution in [0.3, 0.4) is 0 Å². The van der Waals surface area contributed by atoms with Gasteiger partial charge in [-0.2, -0.15) is 0 Å². The second kappa shape index (κ2) is 5.08. The molecule has 1 aliphatic carbocycles. The quantitative estimate of drug-likeness (QED) is 0.602. The first-order valence-corrected chi connectivity index (χ1v) is 5.57. The van der Waals surface area contributed by atoms with Gasteiger partial charge < -0.3 is 0 Å². The molecule has 72 valence electrons. The Bertz CT molecular complexity index is 121. The van der Waals surface area contributed by atoms with Crippen LogP contribution in [0.25, 0.3) is 0 Å². The van der Waals surface area contributed by atoms with Crippen LogP contribution in [-0.2, 0) is 0 Å². The van der Waals surface area contributed by atoms with Gasteiger partial charge >= 0.3 is 0 Å². The Morgan fingerprint density at radius 3 is 2.42 bits per heavy atom. The molecule has 0 bridgehead atoms. The molecule has 1 saturated carbocycles. The van der Waals surface area contributed by atoms with Gasteiger partial charge in [-0.25, -0.2) is 0 Å². The summed E-state index contributed by atoms with van der Waals surface area (Å²) in [5.74, 6) is 1.74. The van der Waals surface area contributed by atoms with Gasteiger partial charge in [0, 0.05) is 25.0 Å². The predicted octanol–water partition coefficient (Wildman–Crippen LogP) is 2.74. The molecular weight excluding hydrogens is 170 g/mol. The predicted molar refractivity (Wildman–Crippen MR) is 54.8 cm³/mol. The zero-order valence-corrected chi connectivity index (χ0v) is 8.98. The first kappa shape index (κ1) is 10.3. The molecule has 0 saturated heterocycles. The second-order valence-electron chi connectivity index (χ2n) is 4.07. The molecule has 0 heterocycles. The third kappa shape index (κ3) is 2.95. The Kier molecular flexibility index (Phi) is 4.38. The molecule has 0 aromatic carbocycles. The first-order valence-electron chi connectivity index (χ1n) is 5.04. The van der Waals surface area contributed by atoms with Crippen molar-refractivity contribution in [2.24, 2.45) is 5.92 Å². The highest BCUT2D eigenvalue weighted by Gasteiger charge is 2.21. The van der Waals surface area contributed by atoms with Crippen LogP contribution in [0.2, 0.25) is 0 Å². The Balaban J connectivity index is 2.21. The lowest BCUT2D eigenvalue weighted by atomic mass is 9.85. The lowest BCUT2D eigenvalue weighted by Crippen LogP contribution is -2.38. The van der Waals surface area contributed by atoms with E-state index in [1.165, 1.54) is 25.8 Å². The normalized spacial score (nSPS) is 18.8. The summed E-state index contributed by atoms with van der Waals surface area (Å²) in [6.07, 6.45) is 4.31. The molecule has 1 nitrogen and oxygen atoms in total. The minimum absolute atomic E-state index is 0.657. The van der Waals surface area contributed by atoms with E-state index in [0.29, 0.717) is 6.04 Å². The maximum absolute atomic E-state index is 5.74. The lowest BCUT2D eigenvalue weighted by Gasteiger charge is -2.34. The number of hydrogen-bond donors (Lipinski definition) is 0. The monoisotopic (exact) mass is 189 g/mol. The molecule has 1 fully saturated rings. The van der Waals surface area contributed by atoms with Crippen LogP contribution in [0.5, 0.6) is 0 Å². The molecule has 0 N–H and O–H groups in total. The Morgan fingerprint density at radius 2 is 2.08 bits per heavy atom. The minimum atomic E-state index is 0.657. The molecule has 0 radical (unpaired) electrons. The largest absolute Gasteiger partial charge is 0.299 e. The average molecular weight is 190 g/mol. The van der Waals surface area contributed by atoms with E-state index < -0.39 is 0 Å². The fraction of sp³-hybridized carbons (Fsp3) is 1.00. The lowest BCUT2D eigenvalue weighted by molar-refractivity contribution is 0.155. The van der Waals surface area contributed by atoms with E-state index in [2.05, 4.69) is 18.7 Å². The molecule has 2 heteroatoms. The summed E-state index contributed by atoms with van der Waals surface area (Å²) in [7, 11) is 0. The fourth-order valence-electron chi connectivity index (χ4n) is 1.68. The third-order valence-electron chi connectivity index (χ3n) is 2.82. The van der Waals surface area contributed by atoms with Gasteiger partial charge in [0.1, 0.15) is 0 Å². The fourth-order valence-corrected chi connectivity index (χ4v) is 1.89. The van der Waals surface area contributed by atoms with Gasteiger partial charge in [-0.05, 0) is 32.6 Å². The standard InChI is InChI=1S/C10H20ClN/c1-9(2)12(7-6-11)8-10-4-3-5-10/h9-10H,3-8H2,1-2H3. The van der Waals surface area contributed by atoms with E-state index in [1.54, 1.807) is 0 Å². The molecule has 1 rings (SSSR count). The third-order valence-corrected chi connectivity index (χ3v) is 2.99. The first-order chi connectivity index (χ1) is 5.74. The van der Waals surface area contributed by atoms with Crippen LogP contribution in [0.1, 0.15) is 33.1 Å². The van der Waals surface area contributed by atoms with Gasteiger partial charge in [0.25, 0.3) is 0 Å². The molecule has 0 amide bonds. The van der Waals surface area contributed by atoms with Crippen molar-refractivity contribution in [2.75, 3.05) is 19.0 Å². The summed E-state index contributed by atoms with van der Waals surface area (Å²) in [5.41, 5.74) is 0. The summed E-state index contributed by atoms with van der Waals surface area (Å²) in [5, 5.41) is 0. The summed E-state index contributed by atoms with van der Waals surface area (Å²) in [4.78, 5) is 2.50. The van der Waals surface area contributed by atoms with Crippen molar-refractivity contribution < 1.29 is 0 Å². The molecule has 0 spiro atoms. The van der Waals surface area contributed by atoms with Crippen LogP contribution in [0, 0.1) is 5.92 Å². The summed E-state index contributed by atoms with van der Waals surface area (Å²) < 4.78 is 0. The zero-order valence-electron chi connectivity index (χ0n) is 8.22. The van der Waals surface area contributed by atoms with E-state index >= 15 is 0 Å². The molecule has 0 aromatic heterocycles. The minimum Gasteiger partial charge on any atom is -0.299 e. The van der Waals surface area contributed by atoms with Crippen molar-refractivity contribution >= 4 is 11.6 Å². The number of rotatable bonds is 5. The SMILES string of the molecule is CC(C)N(CCCl)CC1CCC1. The maximum Gasteiger partial charge on any atom is 0.0351 e.